The van der Waals surface area contributed by atoms with E-state index in [1.54, 1.807) is 4.90 Å². The molecule has 0 bridgehead atoms. The van der Waals surface area contributed by atoms with Crippen LogP contribution in [-0.2, 0) is 11.3 Å². The van der Waals surface area contributed by atoms with Crippen LogP contribution in [0, 0.1) is 0 Å². The van der Waals surface area contributed by atoms with Crippen LogP contribution in [0.3, 0.4) is 0 Å². The van der Waals surface area contributed by atoms with Gasteiger partial charge in [0.25, 0.3) is 5.22 Å². The normalized spacial score (nSPS) is 12.3. The van der Waals surface area contributed by atoms with Crippen molar-refractivity contribution in [1.29, 1.82) is 0 Å². The van der Waals surface area contributed by atoms with Crippen LogP contribution in [0.2, 0.25) is 0 Å². The van der Waals surface area contributed by atoms with Gasteiger partial charge in [0.05, 0.1) is 5.25 Å². The fourth-order valence-electron chi connectivity index (χ4n) is 2.35. The molecule has 5 heteroatoms. The maximum absolute atomic E-state index is 12.5. The monoisotopic (exact) mass is 326 g/mol. The lowest BCUT2D eigenvalue weighted by molar-refractivity contribution is -0.129. The van der Waals surface area contributed by atoms with Gasteiger partial charge in [-0.2, -0.15) is 0 Å². The summed E-state index contributed by atoms with van der Waals surface area (Å²) in [5.74, 6) is 0.0566. The van der Waals surface area contributed by atoms with Crippen molar-refractivity contribution >= 4 is 28.8 Å². The fourth-order valence-corrected chi connectivity index (χ4v) is 3.22. The number of amides is 1. The first-order valence-electron chi connectivity index (χ1n) is 7.44. The van der Waals surface area contributed by atoms with Gasteiger partial charge in [-0.1, -0.05) is 54.2 Å². The summed E-state index contributed by atoms with van der Waals surface area (Å²) in [7, 11) is 1.82. The minimum absolute atomic E-state index is 0.0566. The van der Waals surface area contributed by atoms with Crippen LogP contribution in [-0.4, -0.2) is 28.1 Å². The van der Waals surface area contributed by atoms with Crippen LogP contribution in [0.4, 0.5) is 0 Å². The third kappa shape index (κ3) is 3.74. The van der Waals surface area contributed by atoms with Crippen LogP contribution >= 0.6 is 11.8 Å². The number of carbonyl (C=O) groups is 1. The van der Waals surface area contributed by atoms with E-state index in [0.717, 1.165) is 16.7 Å². The Morgan fingerprint density at radius 2 is 1.87 bits per heavy atom. The molecule has 1 aromatic heterocycles. The smallest absolute Gasteiger partial charge is 0.257 e. The van der Waals surface area contributed by atoms with E-state index >= 15 is 0 Å². The lowest BCUT2D eigenvalue weighted by atomic mass is 10.2. The largest absolute Gasteiger partial charge is 0.431 e. The zero-order valence-corrected chi connectivity index (χ0v) is 13.9. The van der Waals surface area contributed by atoms with Crippen molar-refractivity contribution in [3.05, 3.63) is 60.2 Å². The number of hydrogen-bond donors (Lipinski definition) is 0. The van der Waals surface area contributed by atoms with E-state index in [-0.39, 0.29) is 11.2 Å². The molecular formula is C18H18N2O2S. The Morgan fingerprint density at radius 1 is 1.17 bits per heavy atom. The predicted molar refractivity (Wildman–Crippen MR) is 92.2 cm³/mol. The number of fused-ring (bicyclic) bond motifs is 1. The highest BCUT2D eigenvalue weighted by Crippen LogP contribution is 2.27. The number of para-hydroxylation sites is 2. The van der Waals surface area contributed by atoms with Gasteiger partial charge >= 0.3 is 0 Å². The summed E-state index contributed by atoms with van der Waals surface area (Å²) >= 11 is 1.35. The zero-order valence-electron chi connectivity index (χ0n) is 13.1. The third-order valence-electron chi connectivity index (χ3n) is 3.54. The van der Waals surface area contributed by atoms with Crippen molar-refractivity contribution in [3.63, 3.8) is 0 Å². The number of carbonyl (C=O) groups excluding carboxylic acids is 1. The SMILES string of the molecule is CC(Sc1nc2ccccc2o1)C(=O)N(C)Cc1ccccc1. The number of aromatic nitrogens is 1. The molecule has 23 heavy (non-hydrogen) atoms. The lowest BCUT2D eigenvalue weighted by Crippen LogP contribution is -2.32. The summed E-state index contributed by atoms with van der Waals surface area (Å²) in [6.07, 6.45) is 0. The van der Waals surface area contributed by atoms with E-state index < -0.39 is 0 Å². The maximum atomic E-state index is 12.5. The lowest BCUT2D eigenvalue weighted by Gasteiger charge is -2.20. The second-order valence-electron chi connectivity index (χ2n) is 5.39. The topological polar surface area (TPSA) is 46.3 Å². The molecular weight excluding hydrogens is 308 g/mol. The first kappa shape index (κ1) is 15.6. The van der Waals surface area contributed by atoms with Crippen LogP contribution in [0.25, 0.3) is 11.1 Å². The molecule has 0 aliphatic rings. The van der Waals surface area contributed by atoms with Crippen LogP contribution in [0.1, 0.15) is 12.5 Å². The van der Waals surface area contributed by atoms with Crippen molar-refractivity contribution in [2.24, 2.45) is 0 Å². The quantitative estimate of drug-likeness (QED) is 0.666. The van der Waals surface area contributed by atoms with E-state index in [0.29, 0.717) is 11.8 Å². The number of rotatable bonds is 5. The Labute approximate surface area is 139 Å². The van der Waals surface area contributed by atoms with E-state index in [1.807, 2.05) is 68.6 Å². The van der Waals surface area contributed by atoms with Gasteiger partial charge in [-0.3, -0.25) is 4.79 Å². The van der Waals surface area contributed by atoms with Crippen molar-refractivity contribution in [3.8, 4) is 0 Å². The number of oxazole rings is 1. The first-order valence-corrected chi connectivity index (χ1v) is 8.32. The molecule has 118 valence electrons. The summed E-state index contributed by atoms with van der Waals surface area (Å²) in [4.78, 5) is 18.6. The van der Waals surface area contributed by atoms with Crippen molar-refractivity contribution in [2.45, 2.75) is 23.9 Å². The number of benzene rings is 2. The van der Waals surface area contributed by atoms with E-state index in [9.17, 15) is 4.79 Å². The van der Waals surface area contributed by atoms with Gasteiger partial charge in [-0.15, -0.1) is 0 Å². The van der Waals surface area contributed by atoms with Crippen molar-refractivity contribution in [2.75, 3.05) is 7.05 Å². The Hall–Kier alpha value is -2.27. The molecule has 0 fully saturated rings. The van der Waals surface area contributed by atoms with Crippen LogP contribution in [0.5, 0.6) is 0 Å². The molecule has 0 radical (unpaired) electrons. The number of hydrogen-bond acceptors (Lipinski definition) is 4. The Kier molecular flexibility index (Phi) is 4.67. The second-order valence-corrected chi connectivity index (χ2v) is 6.68. The molecule has 2 aromatic carbocycles. The molecule has 0 aliphatic heterocycles. The average Bonchev–Trinajstić information content (AvgIpc) is 2.97. The van der Waals surface area contributed by atoms with Gasteiger partial charge in [-0.05, 0) is 24.6 Å². The molecule has 3 rings (SSSR count). The summed E-state index contributed by atoms with van der Waals surface area (Å²) in [6.45, 7) is 2.47. The van der Waals surface area contributed by atoms with Gasteiger partial charge in [0, 0.05) is 13.6 Å². The number of nitrogens with zero attached hydrogens (tertiary/aromatic N) is 2. The standard InChI is InChI=1S/C18H18N2O2S/c1-13(17(21)20(2)12-14-8-4-3-5-9-14)23-18-19-15-10-6-7-11-16(15)22-18/h3-11,13H,12H2,1-2H3. The maximum Gasteiger partial charge on any atom is 0.257 e. The number of thioether (sulfide) groups is 1. The van der Waals surface area contributed by atoms with Gasteiger partial charge in [0.1, 0.15) is 5.52 Å². The minimum atomic E-state index is -0.253. The Bertz CT molecular complexity index is 768. The highest BCUT2D eigenvalue weighted by Gasteiger charge is 2.21. The molecule has 3 aromatic rings. The minimum Gasteiger partial charge on any atom is -0.431 e. The summed E-state index contributed by atoms with van der Waals surface area (Å²) < 4.78 is 5.67. The third-order valence-corrected chi connectivity index (χ3v) is 4.47. The molecule has 1 unspecified atom stereocenters. The Morgan fingerprint density at radius 3 is 2.61 bits per heavy atom. The molecule has 0 aliphatic carbocycles. The van der Waals surface area contributed by atoms with Crippen LogP contribution < -0.4 is 0 Å². The van der Waals surface area contributed by atoms with Crippen LogP contribution in [0.15, 0.2) is 64.2 Å². The Balaban J connectivity index is 1.64. The molecule has 4 nitrogen and oxygen atoms in total. The summed E-state index contributed by atoms with van der Waals surface area (Å²) in [5.41, 5.74) is 2.67. The molecule has 0 spiro atoms. The van der Waals surface area contributed by atoms with E-state index in [1.165, 1.54) is 11.8 Å². The zero-order chi connectivity index (χ0) is 16.2. The van der Waals surface area contributed by atoms with E-state index in [4.69, 9.17) is 4.42 Å². The molecule has 1 heterocycles. The van der Waals surface area contributed by atoms with Gasteiger partial charge in [0.2, 0.25) is 5.91 Å². The van der Waals surface area contributed by atoms with Gasteiger partial charge in [0.15, 0.2) is 5.58 Å². The molecule has 1 amide bonds. The highest BCUT2D eigenvalue weighted by atomic mass is 32.2. The van der Waals surface area contributed by atoms with E-state index in [2.05, 4.69) is 4.98 Å². The predicted octanol–water partition coefficient (Wildman–Crippen LogP) is 3.97. The molecule has 0 saturated heterocycles. The summed E-state index contributed by atoms with van der Waals surface area (Å²) in [5, 5.41) is 0.275. The summed E-state index contributed by atoms with van der Waals surface area (Å²) in [6, 6.07) is 17.6. The average molecular weight is 326 g/mol. The first-order chi connectivity index (χ1) is 11.1. The van der Waals surface area contributed by atoms with Gasteiger partial charge < -0.3 is 9.32 Å². The molecule has 0 N–H and O–H groups in total. The molecule has 0 saturated carbocycles. The fraction of sp³-hybridized carbons (Fsp3) is 0.222. The molecule has 1 atom stereocenters. The van der Waals surface area contributed by atoms with Crippen molar-refractivity contribution < 1.29 is 9.21 Å². The van der Waals surface area contributed by atoms with Crippen molar-refractivity contribution in [1.82, 2.24) is 9.88 Å². The highest BCUT2D eigenvalue weighted by molar-refractivity contribution is 8.00. The second kappa shape index (κ2) is 6.87. The van der Waals surface area contributed by atoms with Gasteiger partial charge in [-0.25, -0.2) is 4.98 Å².